The summed E-state index contributed by atoms with van der Waals surface area (Å²) in [5.41, 5.74) is 3.40. The van der Waals surface area contributed by atoms with Crippen molar-refractivity contribution in [1.82, 2.24) is 15.1 Å². The van der Waals surface area contributed by atoms with Crippen molar-refractivity contribution in [2.24, 2.45) is 0 Å². The smallest absolute Gasteiger partial charge is 0.223 e. The molecule has 0 saturated carbocycles. The van der Waals surface area contributed by atoms with Crippen LogP contribution in [0.4, 0.5) is 0 Å². The number of hydrogen-bond acceptors (Lipinski definition) is 4. The average molecular weight is 384 g/mol. The molecule has 3 heterocycles. The van der Waals surface area contributed by atoms with Gasteiger partial charge in [-0.25, -0.2) is 0 Å². The van der Waals surface area contributed by atoms with Crippen LogP contribution < -0.4 is 5.32 Å². The molecule has 2 saturated heterocycles. The van der Waals surface area contributed by atoms with Gasteiger partial charge in [0.25, 0.3) is 0 Å². The number of nitrogens with zero attached hydrogens (tertiary/aromatic N) is 2. The van der Waals surface area contributed by atoms with Crippen LogP contribution in [-0.2, 0) is 17.6 Å². The summed E-state index contributed by atoms with van der Waals surface area (Å²) in [7, 11) is 0. The highest BCUT2D eigenvalue weighted by Gasteiger charge is 2.30. The normalized spacial score (nSPS) is 22.9. The van der Waals surface area contributed by atoms with Crippen molar-refractivity contribution in [1.29, 1.82) is 0 Å². The lowest BCUT2D eigenvalue weighted by atomic mass is 9.97. The first-order valence-corrected chi connectivity index (χ1v) is 11.1. The Morgan fingerprint density at radius 1 is 0.964 bits per heavy atom. The Bertz CT molecular complexity index is 712. The van der Waals surface area contributed by atoms with Gasteiger partial charge in [0.15, 0.2) is 5.78 Å². The molecule has 1 unspecified atom stereocenters. The summed E-state index contributed by atoms with van der Waals surface area (Å²) in [6, 6.07) is 6.45. The first-order valence-electron chi connectivity index (χ1n) is 11.1. The van der Waals surface area contributed by atoms with Crippen LogP contribution in [-0.4, -0.2) is 66.8 Å². The molecule has 4 rings (SSSR count). The zero-order chi connectivity index (χ0) is 19.3. The van der Waals surface area contributed by atoms with Crippen LogP contribution in [0.3, 0.4) is 0 Å². The summed E-state index contributed by atoms with van der Waals surface area (Å²) in [6.07, 6.45) is 7.43. The van der Waals surface area contributed by atoms with Crippen molar-refractivity contribution in [3.63, 3.8) is 0 Å². The predicted molar refractivity (Wildman–Crippen MR) is 111 cm³/mol. The number of hydrogen-bond donors (Lipinski definition) is 1. The van der Waals surface area contributed by atoms with Crippen molar-refractivity contribution in [2.75, 3.05) is 39.3 Å². The molecule has 1 amide bonds. The predicted octanol–water partition coefficient (Wildman–Crippen LogP) is 2.42. The molecule has 0 bridgehead atoms. The van der Waals surface area contributed by atoms with Crippen molar-refractivity contribution < 1.29 is 9.59 Å². The van der Waals surface area contributed by atoms with Gasteiger partial charge < -0.3 is 15.1 Å². The van der Waals surface area contributed by atoms with E-state index < -0.39 is 0 Å². The van der Waals surface area contributed by atoms with Gasteiger partial charge in [-0.2, -0.15) is 0 Å². The summed E-state index contributed by atoms with van der Waals surface area (Å²) in [4.78, 5) is 30.0. The van der Waals surface area contributed by atoms with Gasteiger partial charge >= 0.3 is 0 Å². The number of fused-ring (bicyclic) bond motifs is 1. The van der Waals surface area contributed by atoms with Gasteiger partial charge in [0.1, 0.15) is 0 Å². The molecule has 2 fully saturated rings. The van der Waals surface area contributed by atoms with Gasteiger partial charge in [0, 0.05) is 37.5 Å². The van der Waals surface area contributed by atoms with Crippen LogP contribution in [0, 0.1) is 0 Å². The Morgan fingerprint density at radius 2 is 1.75 bits per heavy atom. The van der Waals surface area contributed by atoms with E-state index in [9.17, 15) is 9.59 Å². The third kappa shape index (κ3) is 4.64. The van der Waals surface area contributed by atoms with Crippen LogP contribution in [0.25, 0.3) is 0 Å². The standard InChI is InChI=1S/C23H33N3O2/c27-22(20-6-5-18-9-11-24-12-10-19(18)16-20)7-8-23(28)26-15-3-4-21(26)17-25-13-1-2-14-25/h5-6,16,21,24H,1-4,7-15,17H2. The molecule has 0 spiro atoms. The van der Waals surface area contributed by atoms with Gasteiger partial charge in [-0.15, -0.1) is 0 Å². The largest absolute Gasteiger partial charge is 0.338 e. The minimum absolute atomic E-state index is 0.101. The maximum atomic E-state index is 12.8. The minimum atomic E-state index is 0.101. The van der Waals surface area contributed by atoms with Crippen molar-refractivity contribution >= 4 is 11.7 Å². The third-order valence-corrected chi connectivity index (χ3v) is 6.60. The lowest BCUT2D eigenvalue weighted by Crippen LogP contribution is -2.42. The minimum Gasteiger partial charge on any atom is -0.338 e. The zero-order valence-electron chi connectivity index (χ0n) is 16.9. The highest BCUT2D eigenvalue weighted by Crippen LogP contribution is 2.22. The molecule has 0 radical (unpaired) electrons. The van der Waals surface area contributed by atoms with E-state index in [1.807, 2.05) is 11.0 Å². The van der Waals surface area contributed by atoms with Crippen LogP contribution >= 0.6 is 0 Å². The topological polar surface area (TPSA) is 52.7 Å². The first-order chi connectivity index (χ1) is 13.7. The Morgan fingerprint density at radius 3 is 2.57 bits per heavy atom. The number of amides is 1. The number of benzene rings is 1. The van der Waals surface area contributed by atoms with Gasteiger partial charge in [-0.3, -0.25) is 9.59 Å². The van der Waals surface area contributed by atoms with E-state index in [1.165, 1.54) is 37.1 Å². The highest BCUT2D eigenvalue weighted by molar-refractivity contribution is 5.98. The highest BCUT2D eigenvalue weighted by atomic mass is 16.2. The zero-order valence-corrected chi connectivity index (χ0v) is 16.9. The summed E-state index contributed by atoms with van der Waals surface area (Å²) in [5.74, 6) is 0.262. The molecule has 5 heteroatoms. The Hall–Kier alpha value is -1.72. The van der Waals surface area contributed by atoms with E-state index in [-0.39, 0.29) is 11.7 Å². The fraction of sp³-hybridized carbons (Fsp3) is 0.652. The molecule has 3 aliphatic heterocycles. The number of ketones is 1. The number of rotatable bonds is 6. The molecule has 152 valence electrons. The van der Waals surface area contributed by atoms with E-state index >= 15 is 0 Å². The number of nitrogens with one attached hydrogen (secondary N) is 1. The summed E-state index contributed by atoms with van der Waals surface area (Å²) >= 11 is 0. The van der Waals surface area contributed by atoms with Crippen LogP contribution in [0.2, 0.25) is 0 Å². The number of carbonyl (C=O) groups is 2. The quantitative estimate of drug-likeness (QED) is 0.767. The average Bonchev–Trinajstić information content (AvgIpc) is 3.33. The van der Waals surface area contributed by atoms with E-state index in [0.717, 1.165) is 57.4 Å². The molecule has 1 N–H and O–H groups in total. The summed E-state index contributed by atoms with van der Waals surface area (Å²) < 4.78 is 0. The molecule has 0 aromatic heterocycles. The SMILES string of the molecule is O=C(CCC(=O)N1CCCC1CN1CCCC1)c1ccc2c(c1)CCNCC2. The Balaban J connectivity index is 1.31. The van der Waals surface area contributed by atoms with E-state index in [1.54, 1.807) is 0 Å². The maximum absolute atomic E-state index is 12.8. The molecule has 1 aromatic carbocycles. The fourth-order valence-electron chi connectivity index (χ4n) is 4.97. The second kappa shape index (κ2) is 9.19. The molecule has 1 atom stereocenters. The maximum Gasteiger partial charge on any atom is 0.223 e. The van der Waals surface area contributed by atoms with Crippen molar-refractivity contribution in [2.45, 2.75) is 57.4 Å². The van der Waals surface area contributed by atoms with Crippen LogP contribution in [0.15, 0.2) is 18.2 Å². The number of Topliss-reactive ketones (excluding diaryl/α,β-unsaturated/α-hetero) is 1. The summed E-state index contributed by atoms with van der Waals surface area (Å²) in [6.45, 7) is 6.19. The van der Waals surface area contributed by atoms with Crippen molar-refractivity contribution in [3.05, 3.63) is 34.9 Å². The van der Waals surface area contributed by atoms with Crippen molar-refractivity contribution in [3.8, 4) is 0 Å². The molecule has 28 heavy (non-hydrogen) atoms. The summed E-state index contributed by atoms with van der Waals surface area (Å²) in [5, 5.41) is 3.41. The molecule has 0 aliphatic carbocycles. The number of likely N-dealkylation sites (tertiary alicyclic amines) is 2. The van der Waals surface area contributed by atoms with Crippen LogP contribution in [0.1, 0.15) is 60.0 Å². The van der Waals surface area contributed by atoms with E-state index in [0.29, 0.717) is 18.9 Å². The number of carbonyl (C=O) groups excluding carboxylic acids is 2. The molecule has 3 aliphatic rings. The molecular weight excluding hydrogens is 350 g/mol. The molecule has 1 aromatic rings. The lowest BCUT2D eigenvalue weighted by molar-refractivity contribution is -0.132. The lowest BCUT2D eigenvalue weighted by Gasteiger charge is -2.28. The van der Waals surface area contributed by atoms with Crippen LogP contribution in [0.5, 0.6) is 0 Å². The Kier molecular flexibility index (Phi) is 6.43. The molecule has 5 nitrogen and oxygen atoms in total. The monoisotopic (exact) mass is 383 g/mol. The fourth-order valence-corrected chi connectivity index (χ4v) is 4.97. The van der Waals surface area contributed by atoms with Gasteiger partial charge in [0.05, 0.1) is 0 Å². The van der Waals surface area contributed by atoms with E-state index in [4.69, 9.17) is 0 Å². The van der Waals surface area contributed by atoms with Gasteiger partial charge in [-0.05, 0) is 81.9 Å². The molecular formula is C23H33N3O2. The first kappa shape index (κ1) is 19.6. The Labute approximate surface area is 168 Å². The van der Waals surface area contributed by atoms with Gasteiger partial charge in [-0.1, -0.05) is 12.1 Å². The van der Waals surface area contributed by atoms with E-state index in [2.05, 4.69) is 22.3 Å². The third-order valence-electron chi connectivity index (χ3n) is 6.60. The second-order valence-corrected chi connectivity index (χ2v) is 8.55. The van der Waals surface area contributed by atoms with Gasteiger partial charge in [0.2, 0.25) is 5.91 Å². The second-order valence-electron chi connectivity index (χ2n) is 8.55.